The molecule has 1 saturated carbocycles. The van der Waals surface area contributed by atoms with Gasteiger partial charge in [0.05, 0.1) is 0 Å². The summed E-state index contributed by atoms with van der Waals surface area (Å²) in [4.78, 5) is 13.5. The van der Waals surface area contributed by atoms with Crippen LogP contribution in [-0.4, -0.2) is 30.8 Å². The Hall–Kier alpha value is -0.660. The zero-order chi connectivity index (χ0) is 14.2. The average Bonchev–Trinajstić information content (AvgIpc) is 2.68. The van der Waals surface area contributed by atoms with Crippen molar-refractivity contribution in [1.29, 1.82) is 0 Å². The summed E-state index contributed by atoms with van der Waals surface area (Å²) in [7, 11) is -1.92. The van der Waals surface area contributed by atoms with Gasteiger partial charge < -0.3 is 4.98 Å². The minimum atomic E-state index is -3.55. The van der Waals surface area contributed by atoms with Crippen molar-refractivity contribution in [2.45, 2.75) is 49.8 Å². The number of hydrogen-bond acceptors (Lipinski definition) is 4. The molecule has 2 rings (SSSR count). The van der Waals surface area contributed by atoms with Gasteiger partial charge in [-0.2, -0.15) is 4.31 Å². The number of rotatable bonds is 3. The second-order valence-electron chi connectivity index (χ2n) is 5.37. The van der Waals surface area contributed by atoms with Crippen LogP contribution in [0.3, 0.4) is 0 Å². The highest BCUT2D eigenvalue weighted by molar-refractivity contribution is 7.91. The largest absolute Gasteiger partial charge is 0.315 e. The Labute approximate surface area is 117 Å². The van der Waals surface area contributed by atoms with Gasteiger partial charge in [0.15, 0.2) is 4.21 Å². The number of aromatic nitrogens is 1. The van der Waals surface area contributed by atoms with E-state index in [9.17, 15) is 13.2 Å². The van der Waals surface area contributed by atoms with Crippen molar-refractivity contribution in [3.8, 4) is 0 Å². The first kappa shape index (κ1) is 14.7. The third kappa shape index (κ3) is 2.93. The lowest BCUT2D eigenvalue weighted by molar-refractivity contribution is 0.239. The van der Waals surface area contributed by atoms with Crippen LogP contribution in [0.4, 0.5) is 0 Å². The maximum atomic E-state index is 12.5. The topological polar surface area (TPSA) is 70.2 Å². The van der Waals surface area contributed by atoms with Crippen molar-refractivity contribution in [1.82, 2.24) is 9.29 Å². The predicted molar refractivity (Wildman–Crippen MR) is 76.0 cm³/mol. The first-order valence-electron chi connectivity index (χ1n) is 6.50. The highest BCUT2D eigenvalue weighted by Crippen LogP contribution is 2.30. The zero-order valence-corrected chi connectivity index (χ0v) is 13.1. The third-order valence-electron chi connectivity index (χ3n) is 3.82. The number of sulfonamides is 1. The van der Waals surface area contributed by atoms with Gasteiger partial charge in [-0.25, -0.2) is 8.42 Å². The van der Waals surface area contributed by atoms with Gasteiger partial charge in [0.1, 0.15) is 0 Å². The minimum Gasteiger partial charge on any atom is -0.315 e. The van der Waals surface area contributed by atoms with Gasteiger partial charge in [0.25, 0.3) is 10.0 Å². The fourth-order valence-electron chi connectivity index (χ4n) is 2.70. The Morgan fingerprint density at radius 1 is 1.37 bits per heavy atom. The lowest BCUT2D eigenvalue weighted by atomic mass is 9.87. The quantitative estimate of drug-likeness (QED) is 0.928. The molecule has 0 saturated heterocycles. The van der Waals surface area contributed by atoms with Gasteiger partial charge in [0.2, 0.25) is 0 Å². The second kappa shape index (κ2) is 5.38. The number of thiazole rings is 1. The van der Waals surface area contributed by atoms with Crippen LogP contribution in [0, 0.1) is 12.8 Å². The molecule has 1 aliphatic carbocycles. The molecular formula is C12H20N2O3S2. The van der Waals surface area contributed by atoms with E-state index in [2.05, 4.69) is 11.9 Å². The molecule has 2 unspecified atom stereocenters. The zero-order valence-electron chi connectivity index (χ0n) is 11.5. The summed E-state index contributed by atoms with van der Waals surface area (Å²) in [6.45, 7) is 3.79. The number of hydrogen-bond donors (Lipinski definition) is 1. The fraction of sp³-hybridized carbons (Fsp3) is 0.750. The summed E-state index contributed by atoms with van der Waals surface area (Å²) < 4.78 is 26.7. The summed E-state index contributed by atoms with van der Waals surface area (Å²) in [5, 5.41) is 0. The Bertz CT molecular complexity index is 603. The molecule has 1 fully saturated rings. The van der Waals surface area contributed by atoms with Crippen molar-refractivity contribution < 1.29 is 8.42 Å². The van der Waals surface area contributed by atoms with Crippen LogP contribution in [0.5, 0.6) is 0 Å². The number of aromatic amines is 1. The average molecular weight is 304 g/mol. The molecule has 1 N–H and O–H groups in total. The molecular weight excluding hydrogens is 284 g/mol. The van der Waals surface area contributed by atoms with Crippen LogP contribution in [0.2, 0.25) is 0 Å². The first-order valence-corrected chi connectivity index (χ1v) is 8.75. The molecule has 1 aromatic rings. The fourth-order valence-corrected chi connectivity index (χ4v) is 5.56. The number of aryl methyl sites for hydroxylation is 1. The Kier molecular flexibility index (Phi) is 4.17. The molecule has 2 atom stereocenters. The predicted octanol–water partition coefficient (Wildman–Crippen LogP) is 1.94. The molecule has 0 spiro atoms. The van der Waals surface area contributed by atoms with Crippen molar-refractivity contribution in [3.05, 3.63) is 15.4 Å². The summed E-state index contributed by atoms with van der Waals surface area (Å²) in [5.41, 5.74) is 0.436. The van der Waals surface area contributed by atoms with Crippen LogP contribution >= 0.6 is 11.3 Å². The van der Waals surface area contributed by atoms with E-state index in [4.69, 9.17) is 0 Å². The van der Waals surface area contributed by atoms with Crippen molar-refractivity contribution >= 4 is 21.4 Å². The maximum Gasteiger partial charge on any atom is 0.305 e. The molecule has 19 heavy (non-hydrogen) atoms. The van der Waals surface area contributed by atoms with Crippen molar-refractivity contribution in [3.63, 3.8) is 0 Å². The second-order valence-corrected chi connectivity index (χ2v) is 8.55. The molecule has 1 heterocycles. The van der Waals surface area contributed by atoms with E-state index in [1.807, 2.05) is 0 Å². The number of H-pyrrole nitrogens is 1. The van der Waals surface area contributed by atoms with Crippen LogP contribution in [0.15, 0.2) is 9.00 Å². The smallest absolute Gasteiger partial charge is 0.305 e. The molecule has 0 aromatic carbocycles. The van der Waals surface area contributed by atoms with Gasteiger partial charge >= 0.3 is 4.87 Å². The molecule has 1 aromatic heterocycles. The van der Waals surface area contributed by atoms with Crippen molar-refractivity contribution in [2.24, 2.45) is 5.92 Å². The number of nitrogens with one attached hydrogen (secondary N) is 1. The Morgan fingerprint density at radius 2 is 2.05 bits per heavy atom. The molecule has 7 heteroatoms. The van der Waals surface area contributed by atoms with E-state index in [0.717, 1.165) is 30.6 Å². The normalized spacial score (nSPS) is 24.8. The highest BCUT2D eigenvalue weighted by Gasteiger charge is 2.33. The van der Waals surface area contributed by atoms with Gasteiger partial charge in [0, 0.05) is 18.8 Å². The molecule has 108 valence electrons. The summed E-state index contributed by atoms with van der Waals surface area (Å²) in [5.74, 6) is 0.558. The lowest BCUT2D eigenvalue weighted by Crippen LogP contribution is -2.39. The molecule has 0 amide bonds. The highest BCUT2D eigenvalue weighted by atomic mass is 32.2. The SMILES string of the molecule is Cc1[nH]c(=O)sc1S(=O)(=O)N(C)C1CCCC(C)C1. The van der Waals surface area contributed by atoms with E-state index in [1.54, 1.807) is 14.0 Å². The van der Waals surface area contributed by atoms with E-state index in [1.165, 1.54) is 10.7 Å². The molecule has 1 aliphatic rings. The van der Waals surface area contributed by atoms with Gasteiger partial charge in [-0.3, -0.25) is 4.79 Å². The van der Waals surface area contributed by atoms with Crippen LogP contribution < -0.4 is 4.87 Å². The lowest BCUT2D eigenvalue weighted by Gasteiger charge is -2.33. The Balaban J connectivity index is 2.29. The Morgan fingerprint density at radius 3 is 2.58 bits per heavy atom. The molecule has 0 bridgehead atoms. The van der Waals surface area contributed by atoms with Crippen LogP contribution in [0.25, 0.3) is 0 Å². The van der Waals surface area contributed by atoms with Crippen LogP contribution in [0.1, 0.15) is 38.3 Å². The van der Waals surface area contributed by atoms with E-state index in [-0.39, 0.29) is 15.1 Å². The van der Waals surface area contributed by atoms with Crippen LogP contribution in [-0.2, 0) is 10.0 Å². The first-order chi connectivity index (χ1) is 8.82. The molecule has 0 aliphatic heterocycles. The monoisotopic (exact) mass is 304 g/mol. The van der Waals surface area contributed by atoms with Crippen molar-refractivity contribution in [2.75, 3.05) is 7.05 Å². The summed E-state index contributed by atoms with van der Waals surface area (Å²) in [6, 6.07) is 0.0466. The van der Waals surface area contributed by atoms with Gasteiger partial charge in [-0.1, -0.05) is 31.1 Å². The van der Waals surface area contributed by atoms with E-state index >= 15 is 0 Å². The van der Waals surface area contributed by atoms with Gasteiger partial charge in [-0.05, 0) is 25.7 Å². The maximum absolute atomic E-state index is 12.5. The van der Waals surface area contributed by atoms with E-state index in [0.29, 0.717) is 11.6 Å². The third-order valence-corrected chi connectivity index (χ3v) is 7.31. The number of nitrogens with zero attached hydrogens (tertiary/aromatic N) is 1. The summed E-state index contributed by atoms with van der Waals surface area (Å²) >= 11 is 0.774. The summed E-state index contributed by atoms with van der Waals surface area (Å²) in [6.07, 6.45) is 4.03. The van der Waals surface area contributed by atoms with Gasteiger partial charge in [-0.15, -0.1) is 0 Å². The standard InChI is InChI=1S/C12H20N2O3S2/c1-8-5-4-6-10(7-8)14(3)19(16,17)11-9(2)13-12(15)18-11/h8,10H,4-7H2,1-3H3,(H,13,15). The minimum absolute atomic E-state index is 0.0466. The molecule has 0 radical (unpaired) electrons. The van der Waals surface area contributed by atoms with E-state index < -0.39 is 10.0 Å². The molecule has 5 nitrogen and oxygen atoms in total.